The first kappa shape index (κ1) is 19.1. The minimum absolute atomic E-state index is 0. The molecule has 1 saturated carbocycles. The first-order valence-corrected chi connectivity index (χ1v) is 9.50. The van der Waals surface area contributed by atoms with Crippen LogP contribution in [0.2, 0.25) is 0 Å². The van der Waals surface area contributed by atoms with Crippen LogP contribution in [-0.2, 0) is 10.5 Å². The van der Waals surface area contributed by atoms with Crippen molar-refractivity contribution in [3.05, 3.63) is 48.0 Å². The molecule has 24 heavy (non-hydrogen) atoms. The van der Waals surface area contributed by atoms with Gasteiger partial charge in [0.15, 0.2) is 0 Å². The molecule has 0 unspecified atom stereocenters. The summed E-state index contributed by atoms with van der Waals surface area (Å²) >= 11 is 1.87. The number of halogens is 1. The number of fused-ring (bicyclic) bond motifs is 1. The monoisotopic (exact) mass is 364 g/mol. The van der Waals surface area contributed by atoms with Crippen LogP contribution < -0.4 is 10.6 Å². The maximum Gasteiger partial charge on any atom is 0.233 e. The van der Waals surface area contributed by atoms with Crippen LogP contribution in [0.5, 0.6) is 0 Å². The summed E-state index contributed by atoms with van der Waals surface area (Å²) in [6.07, 6.45) is 2.64. The molecular weight excluding hydrogens is 340 g/mol. The highest BCUT2D eigenvalue weighted by Gasteiger charge is 2.20. The zero-order valence-corrected chi connectivity index (χ0v) is 15.4. The van der Waals surface area contributed by atoms with Gasteiger partial charge in [-0.2, -0.15) is 11.8 Å². The van der Waals surface area contributed by atoms with Gasteiger partial charge < -0.3 is 10.6 Å². The smallest absolute Gasteiger partial charge is 0.233 e. The summed E-state index contributed by atoms with van der Waals surface area (Å²) in [6, 6.07) is 15.0. The Hall–Kier alpha value is -1.23. The van der Waals surface area contributed by atoms with E-state index >= 15 is 0 Å². The van der Waals surface area contributed by atoms with Gasteiger partial charge in [0.05, 0.1) is 6.54 Å². The van der Waals surface area contributed by atoms with Crippen molar-refractivity contribution in [3.8, 4) is 0 Å². The van der Waals surface area contributed by atoms with Gasteiger partial charge in [0.25, 0.3) is 0 Å². The second kappa shape index (κ2) is 9.92. The van der Waals surface area contributed by atoms with Gasteiger partial charge in [0.2, 0.25) is 5.91 Å². The second-order valence-electron chi connectivity index (χ2n) is 6.12. The third-order valence-corrected chi connectivity index (χ3v) is 5.13. The molecule has 1 aliphatic carbocycles. The fraction of sp³-hybridized carbons (Fsp3) is 0.421. The summed E-state index contributed by atoms with van der Waals surface area (Å²) in [5, 5.41) is 8.81. The number of nitrogens with one attached hydrogen (secondary N) is 2. The molecule has 3 rings (SSSR count). The van der Waals surface area contributed by atoms with Gasteiger partial charge in [-0.05, 0) is 41.6 Å². The number of benzene rings is 2. The SMILES string of the molecule is Cl.O=C(CNCC1CC1)NCCSCc1cccc2ccccc12. The first-order chi connectivity index (χ1) is 11.3. The summed E-state index contributed by atoms with van der Waals surface area (Å²) < 4.78 is 0. The Morgan fingerprint density at radius 3 is 2.75 bits per heavy atom. The third-order valence-electron chi connectivity index (χ3n) is 4.12. The Bertz CT molecular complexity index is 655. The van der Waals surface area contributed by atoms with Gasteiger partial charge in [-0.3, -0.25) is 4.79 Å². The van der Waals surface area contributed by atoms with E-state index in [1.165, 1.54) is 29.2 Å². The molecule has 0 radical (unpaired) electrons. The molecule has 5 heteroatoms. The number of hydrogen-bond acceptors (Lipinski definition) is 3. The lowest BCUT2D eigenvalue weighted by Gasteiger charge is -2.08. The van der Waals surface area contributed by atoms with E-state index in [4.69, 9.17) is 0 Å². The quantitative estimate of drug-likeness (QED) is 0.668. The molecule has 0 atom stereocenters. The molecule has 0 spiro atoms. The molecule has 3 nitrogen and oxygen atoms in total. The Balaban J connectivity index is 0.00000208. The van der Waals surface area contributed by atoms with Crippen molar-refractivity contribution in [2.45, 2.75) is 18.6 Å². The van der Waals surface area contributed by atoms with Crippen LogP contribution in [0, 0.1) is 5.92 Å². The molecule has 0 aliphatic heterocycles. The average Bonchev–Trinajstić information content (AvgIpc) is 3.39. The van der Waals surface area contributed by atoms with E-state index < -0.39 is 0 Å². The molecule has 0 saturated heterocycles. The minimum atomic E-state index is 0. The Labute approximate surface area is 154 Å². The third kappa shape index (κ3) is 6.00. The van der Waals surface area contributed by atoms with Crippen LogP contribution in [0.25, 0.3) is 10.8 Å². The maximum absolute atomic E-state index is 11.7. The average molecular weight is 365 g/mol. The molecule has 0 aromatic heterocycles. The standard InChI is InChI=1S/C19H24N2OS.ClH/c22-19(13-20-12-15-8-9-15)21-10-11-23-14-17-6-3-5-16-4-1-2-7-18(16)17;/h1-7,15,20H,8-14H2,(H,21,22);1H. The highest BCUT2D eigenvalue weighted by atomic mass is 35.5. The topological polar surface area (TPSA) is 41.1 Å². The predicted octanol–water partition coefficient (Wildman–Crippen LogP) is 3.61. The maximum atomic E-state index is 11.7. The molecule has 2 aromatic rings. The number of carbonyl (C=O) groups is 1. The lowest BCUT2D eigenvalue weighted by atomic mass is 10.1. The highest BCUT2D eigenvalue weighted by Crippen LogP contribution is 2.27. The zero-order valence-electron chi connectivity index (χ0n) is 13.8. The Morgan fingerprint density at radius 1 is 1.12 bits per heavy atom. The van der Waals surface area contributed by atoms with Crippen molar-refractivity contribution >= 4 is 40.8 Å². The lowest BCUT2D eigenvalue weighted by molar-refractivity contribution is -0.120. The number of thioether (sulfide) groups is 1. The Kier molecular flexibility index (Phi) is 7.89. The van der Waals surface area contributed by atoms with Crippen molar-refractivity contribution in [1.29, 1.82) is 0 Å². The van der Waals surface area contributed by atoms with Crippen molar-refractivity contribution in [1.82, 2.24) is 10.6 Å². The molecule has 0 heterocycles. The molecule has 2 aromatic carbocycles. The highest BCUT2D eigenvalue weighted by molar-refractivity contribution is 7.98. The van der Waals surface area contributed by atoms with E-state index in [9.17, 15) is 4.79 Å². The van der Waals surface area contributed by atoms with E-state index in [1.807, 2.05) is 11.8 Å². The van der Waals surface area contributed by atoms with Gasteiger partial charge >= 0.3 is 0 Å². The fourth-order valence-electron chi connectivity index (χ4n) is 2.64. The number of rotatable bonds is 9. The van der Waals surface area contributed by atoms with Crippen molar-refractivity contribution in [2.75, 3.05) is 25.4 Å². The van der Waals surface area contributed by atoms with Gasteiger partial charge in [-0.15, -0.1) is 12.4 Å². The van der Waals surface area contributed by atoms with E-state index in [0.29, 0.717) is 6.54 Å². The van der Waals surface area contributed by atoms with E-state index in [2.05, 4.69) is 53.1 Å². The summed E-state index contributed by atoms with van der Waals surface area (Å²) in [4.78, 5) is 11.7. The van der Waals surface area contributed by atoms with E-state index in [-0.39, 0.29) is 18.3 Å². The molecular formula is C19H25ClN2OS. The van der Waals surface area contributed by atoms with Crippen molar-refractivity contribution in [3.63, 3.8) is 0 Å². The van der Waals surface area contributed by atoms with Crippen LogP contribution in [-0.4, -0.2) is 31.3 Å². The summed E-state index contributed by atoms with van der Waals surface area (Å²) in [5.41, 5.74) is 1.37. The second-order valence-corrected chi connectivity index (χ2v) is 7.22. The Morgan fingerprint density at radius 2 is 1.92 bits per heavy atom. The van der Waals surface area contributed by atoms with Gasteiger partial charge in [-0.1, -0.05) is 42.5 Å². The number of carbonyl (C=O) groups excluding carboxylic acids is 1. The van der Waals surface area contributed by atoms with Gasteiger partial charge in [0, 0.05) is 18.1 Å². The summed E-state index contributed by atoms with van der Waals surface area (Å²) in [6.45, 7) is 2.17. The van der Waals surface area contributed by atoms with Gasteiger partial charge in [0.1, 0.15) is 0 Å². The molecule has 1 aliphatic rings. The first-order valence-electron chi connectivity index (χ1n) is 8.35. The van der Waals surface area contributed by atoms with E-state index in [0.717, 1.165) is 30.5 Å². The number of hydrogen-bond donors (Lipinski definition) is 2. The normalized spacial score (nSPS) is 13.5. The van der Waals surface area contributed by atoms with Crippen molar-refractivity contribution < 1.29 is 4.79 Å². The fourth-order valence-corrected chi connectivity index (χ4v) is 3.50. The van der Waals surface area contributed by atoms with Crippen LogP contribution >= 0.6 is 24.2 Å². The van der Waals surface area contributed by atoms with Crippen LogP contribution in [0.4, 0.5) is 0 Å². The molecule has 130 valence electrons. The van der Waals surface area contributed by atoms with Crippen LogP contribution in [0.3, 0.4) is 0 Å². The summed E-state index contributed by atoms with van der Waals surface area (Å²) in [5.74, 6) is 2.85. The van der Waals surface area contributed by atoms with Crippen LogP contribution in [0.1, 0.15) is 18.4 Å². The number of amides is 1. The van der Waals surface area contributed by atoms with Crippen molar-refractivity contribution in [2.24, 2.45) is 5.92 Å². The molecule has 0 bridgehead atoms. The summed E-state index contributed by atoms with van der Waals surface area (Å²) in [7, 11) is 0. The lowest BCUT2D eigenvalue weighted by Crippen LogP contribution is -2.35. The molecule has 1 fully saturated rings. The van der Waals surface area contributed by atoms with Crippen LogP contribution in [0.15, 0.2) is 42.5 Å². The van der Waals surface area contributed by atoms with Gasteiger partial charge in [-0.25, -0.2) is 0 Å². The largest absolute Gasteiger partial charge is 0.354 e. The minimum Gasteiger partial charge on any atom is -0.354 e. The van der Waals surface area contributed by atoms with E-state index in [1.54, 1.807) is 0 Å². The predicted molar refractivity (Wildman–Crippen MR) is 106 cm³/mol. The molecule has 1 amide bonds. The zero-order chi connectivity index (χ0) is 15.9. The molecule has 2 N–H and O–H groups in total.